The monoisotopic (exact) mass is 413 g/mol. The predicted molar refractivity (Wildman–Crippen MR) is 119 cm³/mol. The molecule has 2 N–H and O–H groups in total. The molecule has 1 saturated heterocycles. The van der Waals surface area contributed by atoms with E-state index in [0.29, 0.717) is 5.41 Å². The Labute approximate surface area is 179 Å². The fourth-order valence-corrected chi connectivity index (χ4v) is 4.77. The quantitative estimate of drug-likeness (QED) is 0.532. The second-order valence-electron chi connectivity index (χ2n) is 8.60. The summed E-state index contributed by atoms with van der Waals surface area (Å²) in [6, 6.07) is 5.96. The normalized spacial score (nSPS) is 20.4. The number of guanidine groups is 1. The Kier molecular flexibility index (Phi) is 7.17. The third-order valence-electron chi connectivity index (χ3n) is 6.46. The van der Waals surface area contributed by atoms with Crippen molar-refractivity contribution in [3.05, 3.63) is 30.2 Å². The van der Waals surface area contributed by atoms with Crippen LogP contribution in [0, 0.1) is 5.41 Å². The lowest BCUT2D eigenvalue weighted by Gasteiger charge is -2.42. The number of aromatic nitrogens is 3. The van der Waals surface area contributed by atoms with Crippen LogP contribution in [-0.2, 0) is 11.2 Å². The van der Waals surface area contributed by atoms with Crippen LogP contribution in [0.3, 0.4) is 0 Å². The highest BCUT2D eigenvalue weighted by Crippen LogP contribution is 2.36. The Bertz CT molecular complexity index is 822. The molecule has 0 aromatic carbocycles. The average Bonchev–Trinajstić information content (AvgIpc) is 3.20. The summed E-state index contributed by atoms with van der Waals surface area (Å²) in [6.45, 7) is 6.74. The molecule has 30 heavy (non-hydrogen) atoms. The van der Waals surface area contributed by atoms with Crippen LogP contribution in [0.4, 0.5) is 0 Å². The highest BCUT2D eigenvalue weighted by molar-refractivity contribution is 5.79. The number of aliphatic imine (C=N–C) groups is 1. The lowest BCUT2D eigenvalue weighted by Crippen LogP contribution is -2.51. The van der Waals surface area contributed by atoms with E-state index in [2.05, 4.69) is 30.7 Å². The Morgan fingerprint density at radius 3 is 2.77 bits per heavy atom. The average molecular weight is 414 g/mol. The van der Waals surface area contributed by atoms with Crippen molar-refractivity contribution in [2.24, 2.45) is 10.4 Å². The van der Waals surface area contributed by atoms with E-state index in [1.165, 1.54) is 32.1 Å². The van der Waals surface area contributed by atoms with Crippen molar-refractivity contribution in [2.45, 2.75) is 38.5 Å². The highest BCUT2D eigenvalue weighted by atomic mass is 16.5. The van der Waals surface area contributed by atoms with Gasteiger partial charge in [0, 0.05) is 57.8 Å². The second kappa shape index (κ2) is 10.2. The summed E-state index contributed by atoms with van der Waals surface area (Å²) in [5.41, 5.74) is 1.22. The molecule has 3 heterocycles. The summed E-state index contributed by atoms with van der Waals surface area (Å²) < 4.78 is 7.58. The van der Waals surface area contributed by atoms with E-state index in [0.717, 1.165) is 69.8 Å². The van der Waals surface area contributed by atoms with E-state index in [-0.39, 0.29) is 0 Å². The van der Waals surface area contributed by atoms with Crippen molar-refractivity contribution < 1.29 is 4.74 Å². The van der Waals surface area contributed by atoms with E-state index in [4.69, 9.17) is 4.74 Å². The topological polar surface area (TPSA) is 79.1 Å². The first kappa shape index (κ1) is 21.1. The Balaban J connectivity index is 1.29. The zero-order chi connectivity index (χ0) is 20.7. The largest absolute Gasteiger partial charge is 0.379 e. The number of nitrogens with zero attached hydrogens (tertiary/aromatic N) is 5. The van der Waals surface area contributed by atoms with E-state index >= 15 is 0 Å². The molecule has 2 aromatic rings. The molecule has 164 valence electrons. The number of nitrogens with one attached hydrogen (secondary N) is 2. The maximum atomic E-state index is 5.54. The van der Waals surface area contributed by atoms with Crippen LogP contribution in [0.1, 0.15) is 37.9 Å². The first-order chi connectivity index (χ1) is 14.8. The van der Waals surface area contributed by atoms with Crippen molar-refractivity contribution in [2.75, 3.05) is 53.0 Å². The van der Waals surface area contributed by atoms with E-state index in [1.807, 2.05) is 35.8 Å². The second-order valence-corrected chi connectivity index (χ2v) is 8.60. The van der Waals surface area contributed by atoms with E-state index < -0.39 is 0 Å². The van der Waals surface area contributed by atoms with Crippen molar-refractivity contribution in [1.82, 2.24) is 30.1 Å². The molecule has 8 heteroatoms. The summed E-state index contributed by atoms with van der Waals surface area (Å²) in [6.07, 6.45) is 9.42. The Hall–Kier alpha value is -2.19. The first-order valence-electron chi connectivity index (χ1n) is 11.3. The zero-order valence-corrected chi connectivity index (χ0v) is 18.1. The number of hydrogen-bond acceptors (Lipinski definition) is 5. The lowest BCUT2D eigenvalue weighted by atomic mass is 9.73. The molecule has 0 atom stereocenters. The maximum Gasteiger partial charge on any atom is 0.191 e. The van der Waals surface area contributed by atoms with Gasteiger partial charge in [-0.3, -0.25) is 14.3 Å². The number of morpholine rings is 1. The van der Waals surface area contributed by atoms with Crippen molar-refractivity contribution >= 4 is 11.6 Å². The molecule has 0 radical (unpaired) electrons. The van der Waals surface area contributed by atoms with Gasteiger partial charge in [-0.05, 0) is 25.0 Å². The smallest absolute Gasteiger partial charge is 0.191 e. The summed E-state index contributed by atoms with van der Waals surface area (Å²) in [5, 5.41) is 15.6. The van der Waals surface area contributed by atoms with Gasteiger partial charge in [0.2, 0.25) is 0 Å². The van der Waals surface area contributed by atoms with Crippen LogP contribution in [0.25, 0.3) is 5.65 Å². The summed E-state index contributed by atoms with van der Waals surface area (Å²) >= 11 is 0. The van der Waals surface area contributed by atoms with Gasteiger partial charge in [0.05, 0.1) is 13.2 Å². The third-order valence-corrected chi connectivity index (χ3v) is 6.46. The fraction of sp³-hybridized carbons (Fsp3) is 0.682. The van der Waals surface area contributed by atoms with Crippen LogP contribution in [0.5, 0.6) is 0 Å². The SMILES string of the molecule is CN=C(NCCc1nnc2ccccn12)NCC1(CN2CCOCC2)CCCCC1. The van der Waals surface area contributed by atoms with Gasteiger partial charge < -0.3 is 15.4 Å². The van der Waals surface area contributed by atoms with Gasteiger partial charge in [0.25, 0.3) is 0 Å². The Morgan fingerprint density at radius 2 is 1.97 bits per heavy atom. The van der Waals surface area contributed by atoms with Gasteiger partial charge >= 0.3 is 0 Å². The van der Waals surface area contributed by atoms with Gasteiger partial charge in [0.1, 0.15) is 5.82 Å². The lowest BCUT2D eigenvalue weighted by molar-refractivity contribution is 0.00820. The number of hydrogen-bond donors (Lipinski definition) is 2. The molecule has 0 amide bonds. The molecule has 2 aliphatic rings. The number of fused-ring (bicyclic) bond motifs is 1. The van der Waals surface area contributed by atoms with Crippen molar-refractivity contribution in [1.29, 1.82) is 0 Å². The number of rotatable bonds is 7. The Morgan fingerprint density at radius 1 is 1.13 bits per heavy atom. The molecule has 1 aliphatic heterocycles. The molecule has 1 aliphatic carbocycles. The van der Waals surface area contributed by atoms with Gasteiger partial charge in [-0.15, -0.1) is 10.2 Å². The van der Waals surface area contributed by atoms with Gasteiger partial charge in [-0.2, -0.15) is 0 Å². The molecular formula is C22H35N7O. The fourth-order valence-electron chi connectivity index (χ4n) is 4.77. The minimum Gasteiger partial charge on any atom is -0.379 e. The molecule has 1 saturated carbocycles. The van der Waals surface area contributed by atoms with Crippen LogP contribution in [-0.4, -0.2) is 78.4 Å². The highest BCUT2D eigenvalue weighted by Gasteiger charge is 2.34. The molecule has 0 bridgehead atoms. The van der Waals surface area contributed by atoms with Crippen molar-refractivity contribution in [3.63, 3.8) is 0 Å². The molecule has 0 unspecified atom stereocenters. The predicted octanol–water partition coefficient (Wildman–Crippen LogP) is 1.72. The molecule has 4 rings (SSSR count). The molecular weight excluding hydrogens is 378 g/mol. The standard InChI is InChI=1S/C22H35N7O/c1-23-21(24-11-8-20-27-26-19-7-3-6-12-29(19)20)25-17-22(9-4-2-5-10-22)18-28-13-15-30-16-14-28/h3,6-7,12H,2,4-5,8-11,13-18H2,1H3,(H2,23,24,25). The molecule has 0 spiro atoms. The molecule has 2 aromatic heterocycles. The minimum atomic E-state index is 0.330. The summed E-state index contributed by atoms with van der Waals surface area (Å²) in [7, 11) is 1.84. The third kappa shape index (κ3) is 5.29. The minimum absolute atomic E-state index is 0.330. The van der Waals surface area contributed by atoms with E-state index in [1.54, 1.807) is 0 Å². The summed E-state index contributed by atoms with van der Waals surface area (Å²) in [5.74, 6) is 1.83. The van der Waals surface area contributed by atoms with E-state index in [9.17, 15) is 0 Å². The number of ether oxygens (including phenoxy) is 1. The van der Waals surface area contributed by atoms with Crippen LogP contribution in [0.2, 0.25) is 0 Å². The van der Waals surface area contributed by atoms with Crippen LogP contribution < -0.4 is 10.6 Å². The van der Waals surface area contributed by atoms with Crippen LogP contribution >= 0.6 is 0 Å². The van der Waals surface area contributed by atoms with Gasteiger partial charge in [0.15, 0.2) is 11.6 Å². The maximum absolute atomic E-state index is 5.54. The zero-order valence-electron chi connectivity index (χ0n) is 18.1. The van der Waals surface area contributed by atoms with Gasteiger partial charge in [-0.1, -0.05) is 25.3 Å². The van der Waals surface area contributed by atoms with Crippen LogP contribution in [0.15, 0.2) is 29.4 Å². The molecule has 8 nitrogen and oxygen atoms in total. The molecule has 2 fully saturated rings. The van der Waals surface area contributed by atoms with Crippen molar-refractivity contribution in [3.8, 4) is 0 Å². The summed E-state index contributed by atoms with van der Waals surface area (Å²) in [4.78, 5) is 7.04. The van der Waals surface area contributed by atoms with Gasteiger partial charge in [-0.25, -0.2) is 0 Å². The first-order valence-corrected chi connectivity index (χ1v) is 11.3. The number of pyridine rings is 1.